The summed E-state index contributed by atoms with van der Waals surface area (Å²) in [6.45, 7) is 7.84. The Kier molecular flexibility index (Phi) is 14.8. The fraction of sp³-hybridized carbons (Fsp3) is 0.500. The number of amides is 1. The fourth-order valence-electron chi connectivity index (χ4n) is 5.32. The highest BCUT2D eigenvalue weighted by Crippen LogP contribution is 2.24. The lowest BCUT2D eigenvalue weighted by Gasteiger charge is -2.12. The summed E-state index contributed by atoms with van der Waals surface area (Å²) in [5, 5.41) is 3.65. The van der Waals surface area contributed by atoms with Crippen molar-refractivity contribution in [2.45, 2.75) is 111 Å². The summed E-state index contributed by atoms with van der Waals surface area (Å²) in [6.07, 6.45) is 20.4. The van der Waals surface area contributed by atoms with E-state index in [4.69, 9.17) is 16.3 Å². The minimum Gasteiger partial charge on any atom is -0.494 e. The third-order valence-electron chi connectivity index (χ3n) is 7.48. The van der Waals surface area contributed by atoms with Crippen LogP contribution in [-0.2, 0) is 17.8 Å². The molecule has 1 aromatic heterocycles. The molecule has 0 bridgehead atoms. The first kappa shape index (κ1) is 32.7. The number of rotatable bonds is 19. The van der Waals surface area contributed by atoms with E-state index in [0.717, 1.165) is 29.0 Å². The van der Waals surface area contributed by atoms with Gasteiger partial charge in [-0.05, 0) is 50.1 Å². The number of ether oxygens (including phenoxy) is 1. The van der Waals surface area contributed by atoms with Crippen LogP contribution in [0.4, 0.5) is 5.69 Å². The molecular formula is C36H50ClN2O2+. The van der Waals surface area contributed by atoms with Gasteiger partial charge in [-0.15, -0.1) is 0 Å². The lowest BCUT2D eigenvalue weighted by molar-refractivity contribution is -0.688. The van der Waals surface area contributed by atoms with Gasteiger partial charge in [0.15, 0.2) is 18.9 Å². The predicted octanol–water partition coefficient (Wildman–Crippen LogP) is 9.55. The molecule has 0 saturated carbocycles. The number of pyridine rings is 1. The van der Waals surface area contributed by atoms with Crippen LogP contribution in [0.15, 0.2) is 60.9 Å². The molecule has 222 valence electrons. The van der Waals surface area contributed by atoms with Crippen LogP contribution < -0.4 is 14.6 Å². The largest absolute Gasteiger partial charge is 0.494 e. The van der Waals surface area contributed by atoms with Crippen molar-refractivity contribution in [3.8, 4) is 5.75 Å². The number of aryl methyl sites for hydroxylation is 2. The number of carbonyl (C=O) groups is 1. The van der Waals surface area contributed by atoms with Crippen molar-refractivity contribution < 1.29 is 14.1 Å². The van der Waals surface area contributed by atoms with Gasteiger partial charge in [-0.1, -0.05) is 113 Å². The molecule has 0 radical (unpaired) electrons. The van der Waals surface area contributed by atoms with Crippen LogP contribution in [-0.4, -0.2) is 12.5 Å². The summed E-state index contributed by atoms with van der Waals surface area (Å²) >= 11 is 6.54. The van der Waals surface area contributed by atoms with Crippen molar-refractivity contribution in [2.75, 3.05) is 11.9 Å². The smallest absolute Gasteiger partial charge is 0.228 e. The number of benzene rings is 2. The van der Waals surface area contributed by atoms with Crippen LogP contribution in [0.25, 0.3) is 0 Å². The van der Waals surface area contributed by atoms with Crippen LogP contribution in [0.1, 0.15) is 106 Å². The van der Waals surface area contributed by atoms with Gasteiger partial charge >= 0.3 is 0 Å². The van der Waals surface area contributed by atoms with Crippen LogP contribution in [0.5, 0.6) is 5.75 Å². The van der Waals surface area contributed by atoms with Crippen molar-refractivity contribution in [3.63, 3.8) is 0 Å². The van der Waals surface area contributed by atoms with E-state index >= 15 is 0 Å². The third kappa shape index (κ3) is 12.7. The van der Waals surface area contributed by atoms with Gasteiger partial charge in [0.05, 0.1) is 18.7 Å². The highest BCUT2D eigenvalue weighted by molar-refractivity contribution is 6.31. The summed E-state index contributed by atoms with van der Waals surface area (Å²) in [5.41, 5.74) is 5.10. The predicted molar refractivity (Wildman–Crippen MR) is 172 cm³/mol. The summed E-state index contributed by atoms with van der Waals surface area (Å²) in [4.78, 5) is 12.9. The molecule has 0 saturated heterocycles. The number of para-hydroxylation sites is 1. The van der Waals surface area contributed by atoms with Crippen LogP contribution >= 0.6 is 11.6 Å². The Labute approximate surface area is 253 Å². The molecule has 3 aromatic rings. The maximum Gasteiger partial charge on any atom is 0.228 e. The molecule has 1 amide bonds. The Balaban J connectivity index is 1.36. The van der Waals surface area contributed by atoms with Gasteiger partial charge in [0, 0.05) is 21.7 Å². The lowest BCUT2D eigenvalue weighted by atomic mass is 10.1. The first-order chi connectivity index (χ1) is 19.9. The molecule has 0 aliphatic rings. The Morgan fingerprint density at radius 3 is 2.02 bits per heavy atom. The second kappa shape index (κ2) is 18.6. The van der Waals surface area contributed by atoms with Gasteiger partial charge < -0.3 is 10.1 Å². The van der Waals surface area contributed by atoms with Crippen LogP contribution in [0, 0.1) is 13.8 Å². The van der Waals surface area contributed by atoms with E-state index in [0.29, 0.717) is 18.2 Å². The van der Waals surface area contributed by atoms with Crippen LogP contribution in [0.2, 0.25) is 5.02 Å². The number of nitrogens with one attached hydrogen (secondary N) is 1. The highest BCUT2D eigenvalue weighted by Gasteiger charge is 2.13. The number of aromatic nitrogens is 1. The first-order valence-corrected chi connectivity index (χ1v) is 16.1. The number of hydrogen-bond acceptors (Lipinski definition) is 2. The molecule has 4 nitrogen and oxygen atoms in total. The zero-order chi connectivity index (χ0) is 29.3. The van der Waals surface area contributed by atoms with E-state index in [1.165, 1.54) is 81.8 Å². The molecule has 2 aromatic carbocycles. The van der Waals surface area contributed by atoms with E-state index in [1.54, 1.807) is 0 Å². The first-order valence-electron chi connectivity index (χ1n) is 15.7. The molecule has 0 fully saturated rings. The van der Waals surface area contributed by atoms with E-state index in [9.17, 15) is 4.79 Å². The van der Waals surface area contributed by atoms with Crippen molar-refractivity contribution in [1.29, 1.82) is 0 Å². The lowest BCUT2D eigenvalue weighted by Crippen LogP contribution is -2.34. The van der Waals surface area contributed by atoms with Crippen molar-refractivity contribution >= 4 is 23.2 Å². The quantitative estimate of drug-likeness (QED) is 0.114. The minimum absolute atomic E-state index is 0.0880. The number of halogens is 1. The van der Waals surface area contributed by atoms with E-state index in [-0.39, 0.29) is 12.3 Å². The SMILES string of the molecule is CCCCCCCCCCCCCCOc1ccc(CC(=O)Nc2ccccc2C[n+]2cc(C)cc(C)c2)c(Cl)c1. The maximum absolute atomic E-state index is 12.9. The van der Waals surface area contributed by atoms with Gasteiger partial charge in [-0.25, -0.2) is 4.57 Å². The monoisotopic (exact) mass is 577 g/mol. The average Bonchev–Trinajstić information content (AvgIpc) is 2.93. The van der Waals surface area contributed by atoms with E-state index in [1.807, 2.05) is 36.4 Å². The summed E-state index contributed by atoms with van der Waals surface area (Å²) in [6, 6.07) is 15.7. The van der Waals surface area contributed by atoms with Gasteiger partial charge in [-0.2, -0.15) is 0 Å². The second-order valence-electron chi connectivity index (χ2n) is 11.4. The third-order valence-corrected chi connectivity index (χ3v) is 7.83. The zero-order valence-electron chi connectivity index (χ0n) is 25.5. The second-order valence-corrected chi connectivity index (χ2v) is 11.8. The van der Waals surface area contributed by atoms with Gasteiger partial charge in [0.25, 0.3) is 0 Å². The maximum atomic E-state index is 12.9. The minimum atomic E-state index is -0.0880. The van der Waals surface area contributed by atoms with Crippen molar-refractivity contribution in [3.05, 3.63) is 88.2 Å². The Morgan fingerprint density at radius 2 is 1.39 bits per heavy atom. The molecule has 0 spiro atoms. The molecule has 1 N–H and O–H groups in total. The summed E-state index contributed by atoms with van der Waals surface area (Å²) in [7, 11) is 0. The molecular weight excluding hydrogens is 528 g/mol. The standard InChI is InChI=1S/C36H49ClN2O2/c1-4-5-6-7-8-9-10-11-12-13-14-17-22-41-33-21-20-31(34(37)25-33)24-36(40)38-35-19-16-15-18-32(35)28-39-26-29(2)23-30(3)27-39/h15-16,18-21,23,25-27H,4-14,17,22,24,28H2,1-3H3/p+1. The molecule has 5 heteroatoms. The summed E-state index contributed by atoms with van der Waals surface area (Å²) in [5.74, 6) is 0.674. The van der Waals surface area contributed by atoms with E-state index in [2.05, 4.69) is 55.2 Å². The zero-order valence-corrected chi connectivity index (χ0v) is 26.3. The normalized spacial score (nSPS) is 11.0. The molecule has 41 heavy (non-hydrogen) atoms. The number of carbonyl (C=O) groups excluding carboxylic acids is 1. The number of unbranched alkanes of at least 4 members (excludes halogenated alkanes) is 11. The molecule has 1 heterocycles. The average molecular weight is 578 g/mol. The molecule has 0 atom stereocenters. The summed E-state index contributed by atoms with van der Waals surface area (Å²) < 4.78 is 8.09. The Hall–Kier alpha value is -2.85. The topological polar surface area (TPSA) is 42.2 Å². The number of nitrogens with zero attached hydrogens (tertiary/aromatic N) is 1. The fourth-order valence-corrected chi connectivity index (χ4v) is 5.56. The Morgan fingerprint density at radius 1 is 0.780 bits per heavy atom. The Bertz CT molecular complexity index is 1190. The number of hydrogen-bond donors (Lipinski definition) is 1. The van der Waals surface area contributed by atoms with Crippen LogP contribution in [0.3, 0.4) is 0 Å². The van der Waals surface area contributed by atoms with Crippen molar-refractivity contribution in [2.24, 2.45) is 0 Å². The van der Waals surface area contributed by atoms with Gasteiger partial charge in [-0.3, -0.25) is 4.79 Å². The van der Waals surface area contributed by atoms with Crippen molar-refractivity contribution in [1.82, 2.24) is 0 Å². The van der Waals surface area contributed by atoms with Gasteiger partial charge in [0.1, 0.15) is 5.75 Å². The molecule has 0 unspecified atom stereocenters. The molecule has 0 aliphatic carbocycles. The highest BCUT2D eigenvalue weighted by atomic mass is 35.5. The number of anilines is 1. The molecule has 3 rings (SSSR count). The van der Waals surface area contributed by atoms with Gasteiger partial charge in [0.2, 0.25) is 5.91 Å². The molecule has 0 aliphatic heterocycles. The van der Waals surface area contributed by atoms with E-state index < -0.39 is 0 Å².